The van der Waals surface area contributed by atoms with Gasteiger partial charge in [-0.15, -0.1) is 0 Å². The molecule has 3 rings (SSSR count). The Kier molecular flexibility index (Phi) is 3.98. The zero-order chi connectivity index (χ0) is 15.7. The number of non-ortho nitro benzene ring substituents is 1. The Hall–Kier alpha value is -2.15. The monoisotopic (exact) mass is 305 g/mol. The topological polar surface area (TPSA) is 104 Å². The Balaban J connectivity index is 1.63. The predicted octanol–water partition coefficient (Wildman–Crippen LogP) is 2.12. The van der Waals surface area contributed by atoms with Crippen LogP contribution in [0.25, 0.3) is 0 Å². The molecule has 0 unspecified atom stereocenters. The van der Waals surface area contributed by atoms with Crippen molar-refractivity contribution in [2.75, 3.05) is 11.9 Å². The van der Waals surface area contributed by atoms with Gasteiger partial charge in [-0.3, -0.25) is 10.1 Å². The van der Waals surface area contributed by atoms with Crippen molar-refractivity contribution in [1.82, 2.24) is 5.32 Å². The number of hydrogen-bond acceptors (Lipinski definition) is 4. The van der Waals surface area contributed by atoms with Crippen LogP contribution in [-0.2, 0) is 0 Å². The maximum absolute atomic E-state index is 12.1. The molecule has 3 N–H and O–H groups in total. The number of carbonyl (C=O) groups excluding carboxylic acids is 1. The first-order valence-electron chi connectivity index (χ1n) is 7.51. The van der Waals surface area contributed by atoms with Crippen molar-refractivity contribution in [2.24, 2.45) is 17.8 Å². The second-order valence-electron chi connectivity index (χ2n) is 6.11. The van der Waals surface area contributed by atoms with Gasteiger partial charge in [0, 0.05) is 36.4 Å². The van der Waals surface area contributed by atoms with Crippen molar-refractivity contribution in [2.45, 2.75) is 25.3 Å². The maximum Gasteiger partial charge on any atom is 0.319 e. The number of benzene rings is 1. The number of nitrogens with zero attached hydrogens (tertiary/aromatic N) is 1. The number of nitro benzene ring substituents is 1. The minimum atomic E-state index is -0.499. The largest absolute Gasteiger partial charge is 0.396 e. The molecule has 0 saturated heterocycles. The lowest BCUT2D eigenvalue weighted by Crippen LogP contribution is -2.46. The van der Waals surface area contributed by atoms with E-state index in [1.807, 2.05) is 0 Å². The molecular weight excluding hydrogens is 286 g/mol. The molecule has 0 aromatic heterocycles. The molecule has 1 aromatic carbocycles. The number of fused-ring (bicyclic) bond motifs is 2. The Labute approximate surface area is 127 Å². The number of urea groups is 1. The summed E-state index contributed by atoms with van der Waals surface area (Å²) in [6, 6.07) is 5.45. The minimum Gasteiger partial charge on any atom is -0.396 e. The van der Waals surface area contributed by atoms with Gasteiger partial charge in [-0.05, 0) is 37.2 Å². The average molecular weight is 305 g/mol. The molecule has 0 spiro atoms. The number of amides is 2. The van der Waals surface area contributed by atoms with Crippen LogP contribution in [0.2, 0.25) is 0 Å². The Morgan fingerprint density at radius 3 is 2.86 bits per heavy atom. The van der Waals surface area contributed by atoms with Crippen LogP contribution in [0.3, 0.4) is 0 Å². The number of aliphatic hydroxyl groups excluding tert-OH is 1. The van der Waals surface area contributed by atoms with E-state index in [9.17, 15) is 20.0 Å². The highest BCUT2D eigenvalue weighted by molar-refractivity contribution is 5.89. The molecule has 7 nitrogen and oxygen atoms in total. The SMILES string of the molecule is O=C(Nc1cccc([N+](=O)[O-])c1)N[C@H]1[C@H]2CC[C@@H](C2)[C@H]1CO. The molecule has 2 amide bonds. The van der Waals surface area contributed by atoms with Gasteiger partial charge in [-0.25, -0.2) is 4.79 Å². The first-order valence-corrected chi connectivity index (χ1v) is 7.51. The van der Waals surface area contributed by atoms with Gasteiger partial charge in [-0.2, -0.15) is 0 Å². The molecule has 4 atom stereocenters. The molecule has 2 aliphatic carbocycles. The van der Waals surface area contributed by atoms with Crippen LogP contribution in [0, 0.1) is 27.9 Å². The fourth-order valence-corrected chi connectivity index (χ4v) is 3.91. The van der Waals surface area contributed by atoms with Crippen molar-refractivity contribution in [3.63, 3.8) is 0 Å². The van der Waals surface area contributed by atoms with E-state index in [-0.39, 0.29) is 30.3 Å². The number of aliphatic hydroxyl groups is 1. The molecule has 2 saturated carbocycles. The molecule has 0 radical (unpaired) electrons. The van der Waals surface area contributed by atoms with Crippen molar-refractivity contribution in [3.05, 3.63) is 34.4 Å². The third-order valence-electron chi connectivity index (χ3n) is 4.91. The van der Waals surface area contributed by atoms with E-state index in [4.69, 9.17) is 0 Å². The molecule has 0 heterocycles. The number of nitro groups is 1. The highest BCUT2D eigenvalue weighted by atomic mass is 16.6. The van der Waals surface area contributed by atoms with E-state index < -0.39 is 4.92 Å². The standard InChI is InChI=1S/C15H19N3O4/c19-8-13-9-4-5-10(6-9)14(13)17-15(20)16-11-2-1-3-12(7-11)18(21)22/h1-3,7,9-10,13-14,19H,4-6,8H2,(H2,16,17,20)/t9-,10-,13+,14-/m0/s1. The first-order chi connectivity index (χ1) is 10.6. The van der Waals surface area contributed by atoms with Gasteiger partial charge in [0.25, 0.3) is 5.69 Å². The van der Waals surface area contributed by atoms with Crippen molar-refractivity contribution < 1.29 is 14.8 Å². The van der Waals surface area contributed by atoms with Gasteiger partial charge in [0.05, 0.1) is 4.92 Å². The van der Waals surface area contributed by atoms with Crippen LogP contribution < -0.4 is 10.6 Å². The molecule has 1 aromatic rings. The molecule has 2 bridgehead atoms. The summed E-state index contributed by atoms with van der Waals surface area (Å²) in [4.78, 5) is 22.4. The zero-order valence-corrected chi connectivity index (χ0v) is 12.1. The highest BCUT2D eigenvalue weighted by Gasteiger charge is 2.47. The second-order valence-corrected chi connectivity index (χ2v) is 6.11. The van der Waals surface area contributed by atoms with E-state index in [0.717, 1.165) is 19.3 Å². The summed E-state index contributed by atoms with van der Waals surface area (Å²) >= 11 is 0. The molecule has 22 heavy (non-hydrogen) atoms. The Morgan fingerprint density at radius 1 is 1.36 bits per heavy atom. The van der Waals surface area contributed by atoms with E-state index >= 15 is 0 Å². The maximum atomic E-state index is 12.1. The van der Waals surface area contributed by atoms with E-state index in [0.29, 0.717) is 17.5 Å². The smallest absolute Gasteiger partial charge is 0.319 e. The van der Waals surface area contributed by atoms with E-state index in [1.165, 1.54) is 18.2 Å². The Bertz CT molecular complexity index is 592. The van der Waals surface area contributed by atoms with Crippen LogP contribution in [0.15, 0.2) is 24.3 Å². The van der Waals surface area contributed by atoms with Gasteiger partial charge in [0.15, 0.2) is 0 Å². The van der Waals surface area contributed by atoms with Crippen molar-refractivity contribution >= 4 is 17.4 Å². The summed E-state index contributed by atoms with van der Waals surface area (Å²) in [6.45, 7) is 0.0862. The molecule has 118 valence electrons. The third-order valence-corrected chi connectivity index (χ3v) is 4.91. The van der Waals surface area contributed by atoms with Crippen LogP contribution >= 0.6 is 0 Å². The van der Waals surface area contributed by atoms with E-state index in [2.05, 4.69) is 10.6 Å². The van der Waals surface area contributed by atoms with Gasteiger partial charge < -0.3 is 15.7 Å². The number of anilines is 1. The van der Waals surface area contributed by atoms with E-state index in [1.54, 1.807) is 6.07 Å². The first kappa shape index (κ1) is 14.8. The lowest BCUT2D eigenvalue weighted by Gasteiger charge is -2.30. The van der Waals surface area contributed by atoms with Crippen LogP contribution in [-0.4, -0.2) is 28.7 Å². The van der Waals surface area contributed by atoms with Crippen LogP contribution in [0.1, 0.15) is 19.3 Å². The van der Waals surface area contributed by atoms with Gasteiger partial charge in [0.1, 0.15) is 0 Å². The lowest BCUT2D eigenvalue weighted by atomic mass is 9.85. The zero-order valence-electron chi connectivity index (χ0n) is 12.1. The second kappa shape index (κ2) is 5.92. The summed E-state index contributed by atoms with van der Waals surface area (Å²) in [5.41, 5.74) is 0.321. The summed E-state index contributed by atoms with van der Waals surface area (Å²) in [5.74, 6) is 1.05. The van der Waals surface area contributed by atoms with Crippen LogP contribution in [0.4, 0.5) is 16.2 Å². The summed E-state index contributed by atoms with van der Waals surface area (Å²) in [7, 11) is 0. The van der Waals surface area contributed by atoms with Crippen LogP contribution in [0.5, 0.6) is 0 Å². The fraction of sp³-hybridized carbons (Fsp3) is 0.533. The van der Waals surface area contributed by atoms with Gasteiger partial charge in [0.2, 0.25) is 0 Å². The lowest BCUT2D eigenvalue weighted by molar-refractivity contribution is -0.384. The van der Waals surface area contributed by atoms with Crippen molar-refractivity contribution in [1.29, 1.82) is 0 Å². The normalized spacial score (nSPS) is 29.3. The highest BCUT2D eigenvalue weighted by Crippen LogP contribution is 2.48. The summed E-state index contributed by atoms with van der Waals surface area (Å²) in [5, 5.41) is 25.8. The molecular formula is C15H19N3O4. The fourth-order valence-electron chi connectivity index (χ4n) is 3.91. The molecule has 2 aliphatic rings. The number of carbonyl (C=O) groups is 1. The number of nitrogens with one attached hydrogen (secondary N) is 2. The van der Waals surface area contributed by atoms with Crippen molar-refractivity contribution in [3.8, 4) is 0 Å². The number of hydrogen-bond donors (Lipinski definition) is 3. The molecule has 2 fully saturated rings. The number of rotatable bonds is 4. The summed E-state index contributed by atoms with van der Waals surface area (Å²) in [6.07, 6.45) is 3.27. The van der Waals surface area contributed by atoms with Gasteiger partial charge in [-0.1, -0.05) is 6.07 Å². The third kappa shape index (κ3) is 2.76. The summed E-state index contributed by atoms with van der Waals surface area (Å²) < 4.78 is 0. The molecule has 7 heteroatoms. The average Bonchev–Trinajstić information content (AvgIpc) is 3.08. The molecule has 0 aliphatic heterocycles. The van der Waals surface area contributed by atoms with Gasteiger partial charge >= 0.3 is 6.03 Å². The predicted molar refractivity (Wildman–Crippen MR) is 80.4 cm³/mol. The quantitative estimate of drug-likeness (QED) is 0.585. The minimum absolute atomic E-state index is 0.0116. The Morgan fingerprint density at radius 2 is 2.14 bits per heavy atom.